The predicted octanol–water partition coefficient (Wildman–Crippen LogP) is 2.42. The standard InChI is InChI=1S/C8H11NS/c1-6-7(2)9-5-4-8(6)10-3/h4-5H,1-3H3. The molecule has 0 bridgehead atoms. The van der Waals surface area contributed by atoms with Crippen molar-refractivity contribution in [1.82, 2.24) is 4.98 Å². The van der Waals surface area contributed by atoms with Gasteiger partial charge in [-0.1, -0.05) is 0 Å². The van der Waals surface area contributed by atoms with Crippen molar-refractivity contribution < 1.29 is 0 Å². The number of hydrogen-bond acceptors (Lipinski definition) is 2. The Hall–Kier alpha value is -0.500. The summed E-state index contributed by atoms with van der Waals surface area (Å²) in [6, 6.07) is 2.05. The van der Waals surface area contributed by atoms with Gasteiger partial charge in [0.05, 0.1) is 0 Å². The van der Waals surface area contributed by atoms with Crippen LogP contribution in [0.3, 0.4) is 0 Å². The fourth-order valence-corrected chi connectivity index (χ4v) is 1.49. The van der Waals surface area contributed by atoms with Gasteiger partial charge in [-0.2, -0.15) is 0 Å². The average Bonchev–Trinajstić information content (AvgIpc) is 1.95. The average molecular weight is 153 g/mol. The summed E-state index contributed by atoms with van der Waals surface area (Å²) in [5, 5.41) is 0. The van der Waals surface area contributed by atoms with Gasteiger partial charge in [0.15, 0.2) is 0 Å². The fraction of sp³-hybridized carbons (Fsp3) is 0.375. The molecule has 1 aromatic heterocycles. The minimum absolute atomic E-state index is 1.13. The molecule has 54 valence electrons. The van der Waals surface area contributed by atoms with E-state index in [2.05, 4.69) is 18.2 Å². The van der Waals surface area contributed by atoms with Crippen LogP contribution in [-0.2, 0) is 0 Å². The molecule has 0 unspecified atom stereocenters. The van der Waals surface area contributed by atoms with E-state index in [1.165, 1.54) is 10.5 Å². The Balaban J connectivity index is 3.14. The highest BCUT2D eigenvalue weighted by atomic mass is 32.2. The molecule has 1 heterocycles. The van der Waals surface area contributed by atoms with Gasteiger partial charge in [-0.25, -0.2) is 0 Å². The Morgan fingerprint density at radius 2 is 2.10 bits per heavy atom. The van der Waals surface area contributed by atoms with Crippen molar-refractivity contribution in [2.45, 2.75) is 18.7 Å². The van der Waals surface area contributed by atoms with Gasteiger partial charge in [0.1, 0.15) is 0 Å². The van der Waals surface area contributed by atoms with E-state index in [4.69, 9.17) is 0 Å². The minimum Gasteiger partial charge on any atom is -0.261 e. The van der Waals surface area contributed by atoms with Gasteiger partial charge < -0.3 is 0 Å². The molecule has 1 aromatic rings. The zero-order valence-electron chi connectivity index (χ0n) is 6.51. The van der Waals surface area contributed by atoms with E-state index < -0.39 is 0 Å². The van der Waals surface area contributed by atoms with Crippen LogP contribution in [0.1, 0.15) is 11.3 Å². The molecule has 0 aliphatic heterocycles. The lowest BCUT2D eigenvalue weighted by Gasteiger charge is -2.02. The summed E-state index contributed by atoms with van der Waals surface area (Å²) in [5.41, 5.74) is 2.43. The largest absolute Gasteiger partial charge is 0.261 e. The molecule has 0 spiro atoms. The van der Waals surface area contributed by atoms with E-state index in [1.807, 2.05) is 19.2 Å². The van der Waals surface area contributed by atoms with Crippen molar-refractivity contribution in [3.63, 3.8) is 0 Å². The molecule has 0 aliphatic rings. The van der Waals surface area contributed by atoms with Crippen molar-refractivity contribution in [1.29, 1.82) is 0 Å². The molecular weight excluding hydrogens is 142 g/mol. The number of hydrogen-bond donors (Lipinski definition) is 0. The SMILES string of the molecule is CSc1ccnc(C)c1C. The third-order valence-corrected chi connectivity index (χ3v) is 2.51. The van der Waals surface area contributed by atoms with Gasteiger partial charge >= 0.3 is 0 Å². The normalized spacial score (nSPS) is 9.90. The van der Waals surface area contributed by atoms with Crippen molar-refractivity contribution in [2.24, 2.45) is 0 Å². The number of pyridine rings is 1. The highest BCUT2D eigenvalue weighted by molar-refractivity contribution is 7.98. The van der Waals surface area contributed by atoms with E-state index in [0.29, 0.717) is 0 Å². The maximum atomic E-state index is 4.17. The molecule has 0 atom stereocenters. The van der Waals surface area contributed by atoms with Gasteiger partial charge in [0.25, 0.3) is 0 Å². The summed E-state index contributed by atoms with van der Waals surface area (Å²) in [6.45, 7) is 4.14. The van der Waals surface area contributed by atoms with E-state index in [-0.39, 0.29) is 0 Å². The molecule has 2 heteroatoms. The van der Waals surface area contributed by atoms with Crippen LogP contribution in [0.25, 0.3) is 0 Å². The molecule has 0 radical (unpaired) electrons. The van der Waals surface area contributed by atoms with Gasteiger partial charge in [0.2, 0.25) is 0 Å². The van der Waals surface area contributed by atoms with Crippen LogP contribution >= 0.6 is 11.8 Å². The van der Waals surface area contributed by atoms with Crippen LogP contribution < -0.4 is 0 Å². The number of aromatic nitrogens is 1. The highest BCUT2D eigenvalue weighted by Crippen LogP contribution is 2.19. The first-order valence-corrected chi connectivity index (χ1v) is 4.44. The summed E-state index contributed by atoms with van der Waals surface area (Å²) in [6.07, 6.45) is 3.94. The lowest BCUT2D eigenvalue weighted by atomic mass is 10.2. The first-order chi connectivity index (χ1) is 4.75. The van der Waals surface area contributed by atoms with E-state index in [0.717, 1.165) is 5.69 Å². The fourth-order valence-electron chi connectivity index (χ4n) is 0.838. The van der Waals surface area contributed by atoms with Crippen molar-refractivity contribution in [2.75, 3.05) is 6.26 Å². The zero-order valence-corrected chi connectivity index (χ0v) is 7.33. The summed E-state index contributed by atoms with van der Waals surface area (Å²) in [4.78, 5) is 5.50. The van der Waals surface area contributed by atoms with Crippen LogP contribution in [0.2, 0.25) is 0 Å². The number of thioether (sulfide) groups is 1. The topological polar surface area (TPSA) is 12.9 Å². The first kappa shape index (κ1) is 7.61. The Morgan fingerprint density at radius 3 is 2.60 bits per heavy atom. The van der Waals surface area contributed by atoms with E-state index in [1.54, 1.807) is 11.8 Å². The third-order valence-electron chi connectivity index (χ3n) is 1.63. The van der Waals surface area contributed by atoms with Gasteiger partial charge in [-0.05, 0) is 31.7 Å². The molecule has 1 rings (SSSR count). The van der Waals surface area contributed by atoms with Crippen LogP contribution in [0.4, 0.5) is 0 Å². The number of nitrogens with zero attached hydrogens (tertiary/aromatic N) is 1. The lowest BCUT2D eigenvalue weighted by molar-refractivity contribution is 1.09. The number of rotatable bonds is 1. The van der Waals surface area contributed by atoms with Gasteiger partial charge in [-0.3, -0.25) is 4.98 Å². The second kappa shape index (κ2) is 3.06. The molecule has 0 N–H and O–H groups in total. The number of aryl methyl sites for hydroxylation is 1. The summed E-state index contributed by atoms with van der Waals surface area (Å²) in [7, 11) is 0. The monoisotopic (exact) mass is 153 g/mol. The molecule has 0 fully saturated rings. The second-order valence-corrected chi connectivity index (χ2v) is 3.07. The summed E-state index contributed by atoms with van der Waals surface area (Å²) < 4.78 is 0. The Labute approximate surface area is 65.9 Å². The highest BCUT2D eigenvalue weighted by Gasteiger charge is 1.97. The molecule has 1 nitrogen and oxygen atoms in total. The molecule has 0 aliphatic carbocycles. The van der Waals surface area contributed by atoms with Crippen molar-refractivity contribution in [3.8, 4) is 0 Å². The van der Waals surface area contributed by atoms with Crippen LogP contribution in [-0.4, -0.2) is 11.2 Å². The zero-order chi connectivity index (χ0) is 7.56. The predicted molar refractivity (Wildman–Crippen MR) is 45.5 cm³/mol. The van der Waals surface area contributed by atoms with Crippen molar-refractivity contribution in [3.05, 3.63) is 23.5 Å². The molecule has 0 saturated heterocycles. The van der Waals surface area contributed by atoms with E-state index >= 15 is 0 Å². The maximum absolute atomic E-state index is 4.17. The van der Waals surface area contributed by atoms with Gasteiger partial charge in [0, 0.05) is 16.8 Å². The molecule has 10 heavy (non-hydrogen) atoms. The van der Waals surface area contributed by atoms with Crippen LogP contribution in [0, 0.1) is 13.8 Å². The quantitative estimate of drug-likeness (QED) is 0.575. The third kappa shape index (κ3) is 1.32. The maximum Gasteiger partial charge on any atom is 0.0412 e. The smallest absolute Gasteiger partial charge is 0.0412 e. The molecule has 0 amide bonds. The molecule has 0 aromatic carbocycles. The second-order valence-electron chi connectivity index (χ2n) is 2.22. The van der Waals surface area contributed by atoms with Crippen molar-refractivity contribution >= 4 is 11.8 Å². The molecular formula is C8H11NS. The minimum atomic E-state index is 1.13. The summed E-state index contributed by atoms with van der Waals surface area (Å²) in [5.74, 6) is 0. The van der Waals surface area contributed by atoms with Crippen LogP contribution in [0.15, 0.2) is 17.2 Å². The Kier molecular flexibility index (Phi) is 2.33. The Bertz CT molecular complexity index is 233. The van der Waals surface area contributed by atoms with Crippen LogP contribution in [0.5, 0.6) is 0 Å². The Morgan fingerprint density at radius 1 is 1.40 bits per heavy atom. The first-order valence-electron chi connectivity index (χ1n) is 3.22. The molecule has 0 saturated carbocycles. The lowest BCUT2D eigenvalue weighted by Crippen LogP contribution is -1.87. The van der Waals surface area contributed by atoms with E-state index in [9.17, 15) is 0 Å². The summed E-state index contributed by atoms with van der Waals surface area (Å²) >= 11 is 1.77. The van der Waals surface area contributed by atoms with Gasteiger partial charge in [-0.15, -0.1) is 11.8 Å².